The number of aryl methyl sites for hydroxylation is 1. The van der Waals surface area contributed by atoms with E-state index in [0.717, 1.165) is 0 Å². The predicted molar refractivity (Wildman–Crippen MR) is 71.4 cm³/mol. The highest BCUT2D eigenvalue weighted by Gasteiger charge is 2.34. The van der Waals surface area contributed by atoms with Gasteiger partial charge in [-0.1, -0.05) is 12.1 Å². The minimum Gasteiger partial charge on any atom is -0.478 e. The van der Waals surface area contributed by atoms with Gasteiger partial charge >= 0.3 is 5.97 Å². The van der Waals surface area contributed by atoms with Crippen LogP contribution in [0.4, 0.5) is 5.69 Å². The number of benzene rings is 1. The largest absolute Gasteiger partial charge is 0.478 e. The molecule has 2 aromatic rings. The maximum atomic E-state index is 12.5. The number of rotatable bonds is 2. The highest BCUT2D eigenvalue weighted by atomic mass is 16.5. The van der Waals surface area contributed by atoms with Crippen LogP contribution in [0.25, 0.3) is 0 Å². The first-order valence-corrected chi connectivity index (χ1v) is 6.29. The second kappa shape index (κ2) is 4.93. The number of carboxylic acids is 1. The van der Waals surface area contributed by atoms with Crippen molar-refractivity contribution in [2.75, 3.05) is 11.4 Å². The Morgan fingerprint density at radius 1 is 1.38 bits per heavy atom. The Hall–Kier alpha value is -2.83. The molecule has 7 heteroatoms. The highest BCUT2D eigenvalue weighted by Crippen LogP contribution is 2.34. The lowest BCUT2D eigenvalue weighted by atomic mass is 10.1. The summed E-state index contributed by atoms with van der Waals surface area (Å²) in [5, 5.41) is 9.14. The molecule has 0 saturated heterocycles. The van der Waals surface area contributed by atoms with E-state index in [0.29, 0.717) is 17.3 Å². The molecule has 1 aromatic carbocycles. The van der Waals surface area contributed by atoms with Crippen molar-refractivity contribution in [2.45, 2.75) is 13.0 Å². The van der Waals surface area contributed by atoms with Crippen molar-refractivity contribution < 1.29 is 23.8 Å². The van der Waals surface area contributed by atoms with E-state index in [9.17, 15) is 9.59 Å². The van der Waals surface area contributed by atoms with Crippen molar-refractivity contribution in [1.29, 1.82) is 0 Å². The van der Waals surface area contributed by atoms with Crippen molar-refractivity contribution >= 4 is 17.6 Å². The molecule has 1 amide bonds. The molecule has 2 heterocycles. The Kier molecular flexibility index (Phi) is 3.09. The number of aromatic nitrogens is 1. The second-order valence-electron chi connectivity index (χ2n) is 4.58. The van der Waals surface area contributed by atoms with Gasteiger partial charge in [0.05, 0.1) is 12.2 Å². The van der Waals surface area contributed by atoms with Crippen LogP contribution in [0.15, 0.2) is 34.9 Å². The molecular weight excluding hydrogens is 276 g/mol. The molecule has 0 unspecified atom stereocenters. The molecule has 1 N–H and O–H groups in total. The molecule has 7 nitrogen and oxygen atoms in total. The number of ether oxygens (including phenoxy) is 1. The Morgan fingerprint density at radius 2 is 2.14 bits per heavy atom. The quantitative estimate of drug-likeness (QED) is 0.899. The summed E-state index contributed by atoms with van der Waals surface area (Å²) < 4.78 is 10.4. The molecule has 1 aliphatic rings. The van der Waals surface area contributed by atoms with Gasteiger partial charge in [-0.3, -0.25) is 9.69 Å². The first-order chi connectivity index (χ1) is 10.1. The summed E-state index contributed by atoms with van der Waals surface area (Å²) in [5.74, 6) is -0.827. The molecule has 3 rings (SSSR count). The van der Waals surface area contributed by atoms with Gasteiger partial charge in [-0.15, -0.1) is 0 Å². The standard InChI is InChI=1S/C14H12N2O5/c1-8-15-9(7-20-8)13(17)16-6-12(14(18)19)21-11-5-3-2-4-10(11)16/h2-5,7,12H,6H2,1H3,(H,18,19)/t12-/m1/s1. The van der Waals surface area contributed by atoms with Gasteiger partial charge in [-0.25, -0.2) is 9.78 Å². The zero-order valence-electron chi connectivity index (χ0n) is 11.1. The van der Waals surface area contributed by atoms with E-state index >= 15 is 0 Å². The normalized spacial score (nSPS) is 17.0. The first-order valence-electron chi connectivity index (χ1n) is 6.29. The van der Waals surface area contributed by atoms with Gasteiger partial charge in [-0.2, -0.15) is 0 Å². The van der Waals surface area contributed by atoms with Gasteiger partial charge in [0, 0.05) is 6.92 Å². The van der Waals surface area contributed by atoms with Crippen LogP contribution in [0, 0.1) is 6.92 Å². The van der Waals surface area contributed by atoms with Crippen LogP contribution in [0.3, 0.4) is 0 Å². The topological polar surface area (TPSA) is 92.9 Å². The average Bonchev–Trinajstić information content (AvgIpc) is 2.92. The van der Waals surface area contributed by atoms with Crippen LogP contribution in [0.2, 0.25) is 0 Å². The molecule has 0 saturated carbocycles. The third-order valence-corrected chi connectivity index (χ3v) is 3.13. The minimum absolute atomic E-state index is 0.0862. The van der Waals surface area contributed by atoms with E-state index in [2.05, 4.69) is 4.98 Å². The number of carboxylic acid groups (broad SMARTS) is 1. The lowest BCUT2D eigenvalue weighted by Gasteiger charge is -2.32. The zero-order valence-corrected chi connectivity index (χ0v) is 11.1. The Balaban J connectivity index is 2.00. The second-order valence-corrected chi connectivity index (χ2v) is 4.58. The van der Waals surface area contributed by atoms with Crippen molar-refractivity contribution in [3.05, 3.63) is 42.1 Å². The van der Waals surface area contributed by atoms with E-state index in [4.69, 9.17) is 14.3 Å². The number of fused-ring (bicyclic) bond motifs is 1. The Labute approximate surface area is 119 Å². The number of amides is 1. The van der Waals surface area contributed by atoms with Gasteiger partial charge < -0.3 is 14.3 Å². The van der Waals surface area contributed by atoms with Gasteiger partial charge in [-0.05, 0) is 12.1 Å². The molecule has 21 heavy (non-hydrogen) atoms. The predicted octanol–water partition coefficient (Wildman–Crippen LogP) is 1.48. The maximum Gasteiger partial charge on any atom is 0.346 e. The van der Waals surface area contributed by atoms with Crippen LogP contribution in [0.5, 0.6) is 5.75 Å². The molecule has 0 radical (unpaired) electrons. The third kappa shape index (κ3) is 2.33. The third-order valence-electron chi connectivity index (χ3n) is 3.13. The number of carbonyl (C=O) groups excluding carboxylic acids is 1. The van der Waals surface area contributed by atoms with E-state index in [1.54, 1.807) is 31.2 Å². The van der Waals surface area contributed by atoms with Crippen LogP contribution in [-0.2, 0) is 4.79 Å². The number of nitrogens with zero attached hydrogens (tertiary/aromatic N) is 2. The van der Waals surface area contributed by atoms with Crippen molar-refractivity contribution in [1.82, 2.24) is 4.98 Å². The Bertz CT molecular complexity index is 709. The summed E-state index contributed by atoms with van der Waals surface area (Å²) in [7, 11) is 0. The van der Waals surface area contributed by atoms with E-state index in [-0.39, 0.29) is 12.2 Å². The van der Waals surface area contributed by atoms with Crippen molar-refractivity contribution in [3.8, 4) is 5.75 Å². The molecule has 108 valence electrons. The summed E-state index contributed by atoms with van der Waals surface area (Å²) in [6.07, 6.45) is 0.141. The fourth-order valence-electron chi connectivity index (χ4n) is 2.16. The lowest BCUT2D eigenvalue weighted by molar-refractivity contribution is -0.144. The van der Waals surface area contributed by atoms with Crippen LogP contribution in [0.1, 0.15) is 16.4 Å². The van der Waals surface area contributed by atoms with Crippen LogP contribution < -0.4 is 9.64 Å². The average molecular weight is 288 g/mol. The number of hydrogen-bond donors (Lipinski definition) is 1. The molecule has 1 atom stereocenters. The SMILES string of the molecule is Cc1nc(C(=O)N2C[C@H](C(=O)O)Oc3ccccc32)co1. The molecule has 0 fully saturated rings. The van der Waals surface area contributed by atoms with E-state index < -0.39 is 18.0 Å². The van der Waals surface area contributed by atoms with Crippen molar-refractivity contribution in [2.24, 2.45) is 0 Å². The molecule has 0 bridgehead atoms. The van der Waals surface area contributed by atoms with Gasteiger partial charge in [0.25, 0.3) is 5.91 Å². The van der Waals surface area contributed by atoms with Gasteiger partial charge in [0.2, 0.25) is 6.10 Å². The summed E-state index contributed by atoms with van der Waals surface area (Å²) in [6.45, 7) is 1.54. The smallest absolute Gasteiger partial charge is 0.346 e. The lowest BCUT2D eigenvalue weighted by Crippen LogP contribution is -2.47. The molecule has 0 spiro atoms. The maximum absolute atomic E-state index is 12.5. The van der Waals surface area contributed by atoms with E-state index in [1.165, 1.54) is 11.2 Å². The number of oxazole rings is 1. The van der Waals surface area contributed by atoms with Crippen molar-refractivity contribution in [3.63, 3.8) is 0 Å². The molecule has 0 aliphatic carbocycles. The Morgan fingerprint density at radius 3 is 2.81 bits per heavy atom. The van der Waals surface area contributed by atoms with Gasteiger partial charge in [0.1, 0.15) is 12.0 Å². The summed E-state index contributed by atoms with van der Waals surface area (Å²) >= 11 is 0. The van der Waals surface area contributed by atoms with Crippen LogP contribution >= 0.6 is 0 Å². The number of carbonyl (C=O) groups is 2. The molecular formula is C14H12N2O5. The monoisotopic (exact) mass is 288 g/mol. The first kappa shape index (κ1) is 13.2. The zero-order chi connectivity index (χ0) is 15.0. The number of hydrogen-bond acceptors (Lipinski definition) is 5. The summed E-state index contributed by atoms with van der Waals surface area (Å²) in [5.41, 5.74) is 0.647. The molecule has 1 aliphatic heterocycles. The highest BCUT2D eigenvalue weighted by molar-refractivity contribution is 6.06. The van der Waals surface area contributed by atoms with Gasteiger partial charge in [0.15, 0.2) is 11.6 Å². The number of anilines is 1. The summed E-state index contributed by atoms with van der Waals surface area (Å²) in [4.78, 5) is 29.0. The molecule has 1 aromatic heterocycles. The van der Waals surface area contributed by atoms with E-state index in [1.807, 2.05) is 0 Å². The summed E-state index contributed by atoms with van der Waals surface area (Å²) in [6, 6.07) is 6.78. The number of aliphatic carboxylic acids is 1. The minimum atomic E-state index is -1.13. The number of para-hydroxylation sites is 2. The fraction of sp³-hybridized carbons (Fsp3) is 0.214. The fourth-order valence-corrected chi connectivity index (χ4v) is 2.16. The van der Waals surface area contributed by atoms with Crippen LogP contribution in [-0.4, -0.2) is 34.6 Å².